The van der Waals surface area contributed by atoms with E-state index in [0.29, 0.717) is 42.5 Å². The molecule has 1 fully saturated rings. The number of nitrogens with zero attached hydrogens (tertiary/aromatic N) is 1. The quantitative estimate of drug-likeness (QED) is 0.533. The largest absolute Gasteiger partial charge is 0.465 e. The molecule has 0 unspecified atom stereocenters. The van der Waals surface area contributed by atoms with E-state index in [-0.39, 0.29) is 11.9 Å². The second-order valence-corrected chi connectivity index (χ2v) is 8.98. The number of morpholine rings is 1. The van der Waals surface area contributed by atoms with Gasteiger partial charge in [0, 0.05) is 29.2 Å². The molecule has 1 aromatic heterocycles. The minimum atomic E-state index is -0.337. The van der Waals surface area contributed by atoms with E-state index in [2.05, 4.69) is 10.6 Å². The molecule has 164 valence electrons. The number of hydrogen-bond donors (Lipinski definition) is 2. The van der Waals surface area contributed by atoms with Crippen molar-refractivity contribution in [1.29, 1.82) is 0 Å². The fourth-order valence-electron chi connectivity index (χ4n) is 3.88. The summed E-state index contributed by atoms with van der Waals surface area (Å²) in [5.74, 6) is -0.335. The summed E-state index contributed by atoms with van der Waals surface area (Å²) in [5.41, 5.74) is 3.07. The number of ether oxygens (including phenoxy) is 2. The molecule has 2 N–H and O–H groups in total. The van der Waals surface area contributed by atoms with Crippen LogP contribution >= 0.6 is 23.6 Å². The van der Waals surface area contributed by atoms with Gasteiger partial charge in [0.2, 0.25) is 0 Å². The summed E-state index contributed by atoms with van der Waals surface area (Å²) in [7, 11) is 1.40. The zero-order valence-corrected chi connectivity index (χ0v) is 19.0. The molecule has 0 bridgehead atoms. The Balaban J connectivity index is 1.43. The summed E-state index contributed by atoms with van der Waals surface area (Å²) in [4.78, 5) is 28.0. The molecule has 4 rings (SSSR count). The summed E-state index contributed by atoms with van der Waals surface area (Å²) >= 11 is 7.04. The molecular formula is C22H25N3O4S2. The van der Waals surface area contributed by atoms with Gasteiger partial charge in [-0.1, -0.05) is 0 Å². The van der Waals surface area contributed by atoms with Gasteiger partial charge in [0.15, 0.2) is 5.11 Å². The maximum absolute atomic E-state index is 12.6. The van der Waals surface area contributed by atoms with Crippen LogP contribution in [0.3, 0.4) is 0 Å². The van der Waals surface area contributed by atoms with Crippen LogP contribution in [-0.4, -0.2) is 55.3 Å². The average molecular weight is 460 g/mol. The summed E-state index contributed by atoms with van der Waals surface area (Å²) < 4.78 is 10.3. The second kappa shape index (κ2) is 9.76. The Bertz CT molecular complexity index is 981. The molecule has 2 heterocycles. The first kappa shape index (κ1) is 21.7. The fraction of sp³-hybridized carbons (Fsp3) is 0.409. The highest BCUT2D eigenvalue weighted by Crippen LogP contribution is 2.38. The lowest BCUT2D eigenvalue weighted by molar-refractivity contribution is 0.0303. The SMILES string of the molecule is COC(=O)c1c(NC(=S)Nc2ccc(C(=O)N3CCOCC3)cc2)sc2c1CCCC2. The van der Waals surface area contributed by atoms with Crippen molar-refractivity contribution >= 4 is 51.2 Å². The van der Waals surface area contributed by atoms with Gasteiger partial charge in [-0.05, 0) is 67.7 Å². The van der Waals surface area contributed by atoms with Gasteiger partial charge in [-0.15, -0.1) is 11.3 Å². The summed E-state index contributed by atoms with van der Waals surface area (Å²) in [6.45, 7) is 2.37. The van der Waals surface area contributed by atoms with Crippen molar-refractivity contribution in [3.63, 3.8) is 0 Å². The van der Waals surface area contributed by atoms with Gasteiger partial charge in [-0.2, -0.15) is 0 Å². The monoisotopic (exact) mass is 459 g/mol. The second-order valence-electron chi connectivity index (χ2n) is 7.47. The predicted molar refractivity (Wildman–Crippen MR) is 125 cm³/mol. The molecule has 2 aromatic rings. The first-order valence-corrected chi connectivity index (χ1v) is 11.6. The molecule has 0 atom stereocenters. The lowest BCUT2D eigenvalue weighted by atomic mass is 9.95. The number of thiophene rings is 1. The Labute approximate surface area is 190 Å². The standard InChI is InChI=1S/C22H25N3O4S2/c1-28-21(27)18-16-4-2-3-5-17(16)31-19(18)24-22(30)23-15-8-6-14(7-9-15)20(26)25-10-12-29-13-11-25/h6-9H,2-5,10-13H2,1H3,(H2,23,24,30). The van der Waals surface area contributed by atoms with E-state index in [1.807, 2.05) is 12.1 Å². The van der Waals surface area contributed by atoms with Crippen molar-refractivity contribution in [2.24, 2.45) is 0 Å². The third kappa shape index (κ3) is 4.89. The number of esters is 1. The lowest BCUT2D eigenvalue weighted by Gasteiger charge is -2.26. The molecule has 2 aliphatic rings. The first-order chi connectivity index (χ1) is 15.1. The Morgan fingerprint density at radius 1 is 1.10 bits per heavy atom. The molecule has 0 radical (unpaired) electrons. The smallest absolute Gasteiger partial charge is 0.341 e. The summed E-state index contributed by atoms with van der Waals surface area (Å²) in [5, 5.41) is 7.40. The van der Waals surface area contributed by atoms with Crippen LogP contribution in [0.2, 0.25) is 0 Å². The molecule has 0 saturated carbocycles. The number of benzene rings is 1. The molecule has 1 saturated heterocycles. The van der Waals surface area contributed by atoms with Gasteiger partial charge in [-0.3, -0.25) is 4.79 Å². The number of carbonyl (C=O) groups is 2. The van der Waals surface area contributed by atoms with E-state index < -0.39 is 0 Å². The number of amides is 1. The Hall–Kier alpha value is -2.49. The van der Waals surface area contributed by atoms with Gasteiger partial charge in [-0.25, -0.2) is 4.79 Å². The van der Waals surface area contributed by atoms with Gasteiger partial charge in [0.25, 0.3) is 5.91 Å². The van der Waals surface area contributed by atoms with Crippen LogP contribution in [0, 0.1) is 0 Å². The van der Waals surface area contributed by atoms with Crippen LogP contribution in [-0.2, 0) is 22.3 Å². The fourth-order valence-corrected chi connectivity index (χ4v) is 5.45. The molecule has 31 heavy (non-hydrogen) atoms. The summed E-state index contributed by atoms with van der Waals surface area (Å²) in [6, 6.07) is 7.21. The Morgan fingerprint density at radius 3 is 2.52 bits per heavy atom. The van der Waals surface area contributed by atoms with E-state index >= 15 is 0 Å². The molecule has 9 heteroatoms. The molecule has 1 aromatic carbocycles. The topological polar surface area (TPSA) is 79.9 Å². The van der Waals surface area contributed by atoms with Crippen LogP contribution in [0.25, 0.3) is 0 Å². The maximum atomic E-state index is 12.6. The highest BCUT2D eigenvalue weighted by Gasteiger charge is 2.26. The van der Waals surface area contributed by atoms with Gasteiger partial charge in [0.1, 0.15) is 5.00 Å². The first-order valence-electron chi connectivity index (χ1n) is 10.3. The van der Waals surface area contributed by atoms with Crippen LogP contribution in [0.4, 0.5) is 10.7 Å². The minimum Gasteiger partial charge on any atom is -0.465 e. The number of nitrogens with one attached hydrogen (secondary N) is 2. The van der Waals surface area contributed by atoms with E-state index in [1.54, 1.807) is 28.4 Å². The lowest BCUT2D eigenvalue weighted by Crippen LogP contribution is -2.40. The van der Waals surface area contributed by atoms with Crippen molar-refractivity contribution in [2.75, 3.05) is 44.0 Å². The Kier molecular flexibility index (Phi) is 6.84. The highest BCUT2D eigenvalue weighted by atomic mass is 32.1. The Morgan fingerprint density at radius 2 is 1.81 bits per heavy atom. The molecule has 1 aliphatic carbocycles. The van der Waals surface area contributed by atoms with Crippen molar-refractivity contribution in [3.8, 4) is 0 Å². The van der Waals surface area contributed by atoms with Crippen LogP contribution in [0.5, 0.6) is 0 Å². The van der Waals surface area contributed by atoms with Gasteiger partial charge >= 0.3 is 5.97 Å². The molecular weight excluding hydrogens is 434 g/mol. The summed E-state index contributed by atoms with van der Waals surface area (Å²) in [6.07, 6.45) is 4.07. The van der Waals surface area contributed by atoms with E-state index in [0.717, 1.165) is 41.9 Å². The zero-order valence-electron chi connectivity index (χ0n) is 17.4. The number of rotatable bonds is 4. The van der Waals surface area contributed by atoms with Crippen LogP contribution in [0.15, 0.2) is 24.3 Å². The number of hydrogen-bond acceptors (Lipinski definition) is 6. The van der Waals surface area contributed by atoms with E-state index in [1.165, 1.54) is 12.0 Å². The zero-order chi connectivity index (χ0) is 21.8. The van der Waals surface area contributed by atoms with Crippen LogP contribution < -0.4 is 10.6 Å². The number of aryl methyl sites for hydroxylation is 1. The van der Waals surface area contributed by atoms with Crippen molar-refractivity contribution < 1.29 is 19.1 Å². The van der Waals surface area contributed by atoms with Crippen molar-refractivity contribution in [3.05, 3.63) is 45.8 Å². The third-order valence-electron chi connectivity index (χ3n) is 5.48. The molecule has 1 amide bonds. The maximum Gasteiger partial charge on any atom is 0.341 e. The van der Waals surface area contributed by atoms with Gasteiger partial charge in [0.05, 0.1) is 25.9 Å². The number of thiocarbonyl (C=S) groups is 1. The number of fused-ring (bicyclic) bond motifs is 1. The van der Waals surface area contributed by atoms with E-state index in [9.17, 15) is 9.59 Å². The normalized spacial score (nSPS) is 15.7. The third-order valence-corrected chi connectivity index (χ3v) is 6.89. The predicted octanol–water partition coefficient (Wildman–Crippen LogP) is 3.69. The number of methoxy groups -OCH3 is 1. The average Bonchev–Trinajstić information content (AvgIpc) is 3.16. The number of carbonyl (C=O) groups excluding carboxylic acids is 2. The highest BCUT2D eigenvalue weighted by molar-refractivity contribution is 7.80. The number of anilines is 2. The van der Waals surface area contributed by atoms with Crippen LogP contribution in [0.1, 0.15) is 44.0 Å². The van der Waals surface area contributed by atoms with Crippen molar-refractivity contribution in [1.82, 2.24) is 4.90 Å². The van der Waals surface area contributed by atoms with E-state index in [4.69, 9.17) is 21.7 Å². The minimum absolute atomic E-state index is 0.00226. The van der Waals surface area contributed by atoms with Gasteiger partial charge < -0.3 is 25.0 Å². The molecule has 7 nitrogen and oxygen atoms in total. The molecule has 0 spiro atoms. The van der Waals surface area contributed by atoms with Crippen molar-refractivity contribution in [2.45, 2.75) is 25.7 Å². The molecule has 1 aliphatic heterocycles.